The lowest BCUT2D eigenvalue weighted by Crippen LogP contribution is -2.29. The molecule has 0 bridgehead atoms. The molecule has 1 saturated carbocycles. The van der Waals surface area contributed by atoms with Gasteiger partial charge in [0.1, 0.15) is 7.11 Å². The van der Waals surface area contributed by atoms with Crippen molar-refractivity contribution < 1.29 is 13.3 Å². The van der Waals surface area contributed by atoms with Gasteiger partial charge in [0.25, 0.3) is 10.0 Å². The molecule has 0 aromatic heterocycles. The lowest BCUT2D eigenvalue weighted by molar-refractivity contribution is 0.213. The van der Waals surface area contributed by atoms with Crippen LogP contribution in [0.3, 0.4) is 0 Å². The second-order valence-corrected chi connectivity index (χ2v) is 10.4. The van der Waals surface area contributed by atoms with Gasteiger partial charge in [-0.25, -0.2) is 8.42 Å². The van der Waals surface area contributed by atoms with Gasteiger partial charge >= 0.3 is 0 Å². The topological polar surface area (TPSA) is 79.8 Å². The molecular weight excluding hydrogens is 422 g/mol. The number of nitrogens with one attached hydrogen (secondary N) is 2. The van der Waals surface area contributed by atoms with Crippen molar-refractivity contribution in [2.45, 2.75) is 69.9 Å². The van der Waals surface area contributed by atoms with Gasteiger partial charge in [-0.3, -0.25) is 4.72 Å². The highest BCUT2D eigenvalue weighted by Gasteiger charge is 2.18. The fourth-order valence-electron chi connectivity index (χ4n) is 4.33. The molecule has 7 heteroatoms. The van der Waals surface area contributed by atoms with Gasteiger partial charge < -0.3 is 10.2 Å². The van der Waals surface area contributed by atoms with Gasteiger partial charge in [0.2, 0.25) is 0 Å². The highest BCUT2D eigenvalue weighted by atomic mass is 32.2. The highest BCUT2D eigenvalue weighted by molar-refractivity contribution is 7.92. The maximum Gasteiger partial charge on any atom is 0.261 e. The van der Waals surface area contributed by atoms with Gasteiger partial charge in [-0.15, -0.1) is 0 Å². The predicted molar refractivity (Wildman–Crippen MR) is 130 cm³/mol. The number of sulfonamides is 1. The van der Waals surface area contributed by atoms with E-state index >= 15 is 0 Å². The smallest absolute Gasteiger partial charge is 0.261 e. The summed E-state index contributed by atoms with van der Waals surface area (Å²) < 4.78 is 28.7. The molecule has 2 aromatic rings. The Hall–Kier alpha value is -2.38. The van der Waals surface area contributed by atoms with Crippen LogP contribution in [0.5, 0.6) is 0 Å². The normalized spacial score (nSPS) is 16.5. The lowest BCUT2D eigenvalue weighted by atomic mass is 9.85. The molecule has 32 heavy (non-hydrogen) atoms. The van der Waals surface area contributed by atoms with Gasteiger partial charge in [0.05, 0.1) is 16.3 Å². The van der Waals surface area contributed by atoms with Gasteiger partial charge in [-0.1, -0.05) is 67.6 Å². The largest absolute Gasteiger partial charge is 0.399 e. The Labute approximate surface area is 192 Å². The minimum Gasteiger partial charge on any atom is -0.399 e. The van der Waals surface area contributed by atoms with E-state index in [0.29, 0.717) is 24.0 Å². The van der Waals surface area contributed by atoms with Crippen LogP contribution in [0.4, 0.5) is 5.69 Å². The molecule has 1 aliphatic rings. The van der Waals surface area contributed by atoms with Crippen molar-refractivity contribution >= 4 is 21.4 Å². The zero-order valence-corrected chi connectivity index (χ0v) is 20.1. The van der Waals surface area contributed by atoms with Crippen LogP contribution in [0.25, 0.3) is 0 Å². The summed E-state index contributed by atoms with van der Waals surface area (Å²) >= 11 is 0. The van der Waals surface area contributed by atoms with E-state index in [1.807, 2.05) is 31.2 Å². The van der Waals surface area contributed by atoms with Crippen LogP contribution in [0.2, 0.25) is 0 Å². The fraction of sp³-hybridized carbons (Fsp3) is 0.480. The average molecular weight is 458 g/mol. The molecule has 2 N–H and O–H groups in total. The van der Waals surface area contributed by atoms with Crippen LogP contribution in [-0.2, 0) is 21.4 Å². The van der Waals surface area contributed by atoms with Crippen molar-refractivity contribution in [1.29, 1.82) is 0 Å². The number of hydrogen-bond acceptors (Lipinski definition) is 5. The third-order valence-corrected chi connectivity index (χ3v) is 7.51. The fourth-order valence-corrected chi connectivity index (χ4v) is 5.43. The van der Waals surface area contributed by atoms with Gasteiger partial charge in [-0.05, 0) is 55.5 Å². The van der Waals surface area contributed by atoms with Crippen LogP contribution < -0.4 is 10.0 Å². The Morgan fingerprint density at radius 2 is 1.78 bits per heavy atom. The van der Waals surface area contributed by atoms with Gasteiger partial charge in [0.15, 0.2) is 0 Å². The van der Waals surface area contributed by atoms with Crippen LogP contribution in [0.1, 0.15) is 63.5 Å². The summed E-state index contributed by atoms with van der Waals surface area (Å²) in [6, 6.07) is 14.6. The molecule has 0 amide bonds. The second-order valence-electron chi connectivity index (χ2n) is 8.67. The number of rotatable bonds is 10. The quantitative estimate of drug-likeness (QED) is 0.374. The standard InChI is InChI=1S/C25H35N3O3S/c1-19(17-21-9-5-4-6-10-21)26-18-23-11-7-8-12-25(23)28-32(29,30)24-15-13-22(14-16-24)20(2)27-31-3/h7-8,11-16,19,21,26,28H,4-6,9-10,17-18H2,1-3H3/t19-/m0/s1. The Morgan fingerprint density at radius 3 is 2.47 bits per heavy atom. The van der Waals surface area contributed by atoms with E-state index in [0.717, 1.165) is 17.0 Å². The third kappa shape index (κ3) is 6.81. The van der Waals surface area contributed by atoms with Crippen molar-refractivity contribution in [3.8, 4) is 0 Å². The molecule has 1 atom stereocenters. The number of anilines is 1. The van der Waals surface area contributed by atoms with Gasteiger partial charge in [-0.2, -0.15) is 0 Å². The van der Waals surface area contributed by atoms with E-state index in [9.17, 15) is 8.42 Å². The number of benzene rings is 2. The Morgan fingerprint density at radius 1 is 1.09 bits per heavy atom. The summed E-state index contributed by atoms with van der Waals surface area (Å²) in [5, 5.41) is 7.47. The van der Waals surface area contributed by atoms with Crippen molar-refractivity contribution in [1.82, 2.24) is 5.32 Å². The predicted octanol–water partition coefficient (Wildman–Crippen LogP) is 5.31. The van der Waals surface area contributed by atoms with Crippen LogP contribution in [0.15, 0.2) is 58.6 Å². The summed E-state index contributed by atoms with van der Waals surface area (Å²) in [4.78, 5) is 4.99. The maximum atomic E-state index is 13.0. The van der Waals surface area contributed by atoms with E-state index in [4.69, 9.17) is 4.84 Å². The molecule has 0 unspecified atom stereocenters. The number of para-hydroxylation sites is 1. The summed E-state index contributed by atoms with van der Waals surface area (Å²) in [5.41, 5.74) is 3.03. The minimum absolute atomic E-state index is 0.208. The third-order valence-electron chi connectivity index (χ3n) is 6.12. The van der Waals surface area contributed by atoms with E-state index in [-0.39, 0.29) is 4.90 Å². The average Bonchev–Trinajstić information content (AvgIpc) is 2.79. The molecule has 174 valence electrons. The summed E-state index contributed by atoms with van der Waals surface area (Å²) in [6.45, 7) is 4.65. The second kappa shape index (κ2) is 11.5. The van der Waals surface area contributed by atoms with Crippen molar-refractivity contribution in [3.63, 3.8) is 0 Å². The van der Waals surface area contributed by atoms with Crippen molar-refractivity contribution in [2.24, 2.45) is 11.1 Å². The number of nitrogens with zero attached hydrogens (tertiary/aromatic N) is 1. The van der Waals surface area contributed by atoms with Crippen LogP contribution >= 0.6 is 0 Å². The highest BCUT2D eigenvalue weighted by Crippen LogP contribution is 2.27. The first-order valence-electron chi connectivity index (χ1n) is 11.4. The molecule has 6 nitrogen and oxygen atoms in total. The molecule has 1 aliphatic carbocycles. The van der Waals surface area contributed by atoms with Crippen LogP contribution in [-0.4, -0.2) is 27.3 Å². The van der Waals surface area contributed by atoms with E-state index in [2.05, 4.69) is 22.1 Å². The molecule has 0 spiro atoms. The number of oxime groups is 1. The first-order valence-corrected chi connectivity index (χ1v) is 12.9. The van der Waals surface area contributed by atoms with E-state index < -0.39 is 10.0 Å². The molecule has 0 saturated heterocycles. The summed E-state index contributed by atoms with van der Waals surface area (Å²) in [5.74, 6) is 0.806. The van der Waals surface area contributed by atoms with Gasteiger partial charge in [0, 0.05) is 12.6 Å². The molecule has 0 radical (unpaired) electrons. The van der Waals surface area contributed by atoms with Crippen LogP contribution in [0, 0.1) is 5.92 Å². The SMILES string of the molecule is CON=C(C)c1ccc(S(=O)(=O)Nc2ccccc2CN[C@@H](C)CC2CCCCC2)cc1. The summed E-state index contributed by atoms with van der Waals surface area (Å²) in [7, 11) is -2.22. The van der Waals surface area contributed by atoms with Crippen molar-refractivity contribution in [2.75, 3.05) is 11.8 Å². The zero-order valence-electron chi connectivity index (χ0n) is 19.3. The zero-order chi connectivity index (χ0) is 23.0. The number of hydrogen-bond donors (Lipinski definition) is 2. The Kier molecular flexibility index (Phi) is 8.70. The first-order chi connectivity index (χ1) is 15.4. The molecule has 3 rings (SSSR count). The minimum atomic E-state index is -3.70. The van der Waals surface area contributed by atoms with Crippen molar-refractivity contribution in [3.05, 3.63) is 59.7 Å². The monoisotopic (exact) mass is 457 g/mol. The molecular formula is C25H35N3O3S. The van der Waals surface area contributed by atoms with E-state index in [1.165, 1.54) is 45.6 Å². The lowest BCUT2D eigenvalue weighted by Gasteiger charge is -2.25. The van der Waals surface area contributed by atoms with E-state index in [1.54, 1.807) is 24.3 Å². The molecule has 0 heterocycles. The Bertz CT molecular complexity index is 997. The molecule has 2 aromatic carbocycles. The first kappa shape index (κ1) is 24.3. The molecule has 0 aliphatic heterocycles. The summed E-state index contributed by atoms with van der Waals surface area (Å²) in [6.07, 6.45) is 7.90. The maximum absolute atomic E-state index is 13.0. The Balaban J connectivity index is 1.65. The molecule has 1 fully saturated rings.